The van der Waals surface area contributed by atoms with Crippen molar-refractivity contribution in [3.63, 3.8) is 0 Å². The second-order valence-electron chi connectivity index (χ2n) is 3.99. The zero-order valence-corrected chi connectivity index (χ0v) is 10.0. The van der Waals surface area contributed by atoms with E-state index in [4.69, 9.17) is 4.74 Å². The molecule has 0 aliphatic carbocycles. The van der Waals surface area contributed by atoms with Gasteiger partial charge in [-0.25, -0.2) is 4.39 Å². The predicted octanol–water partition coefficient (Wildman–Crippen LogP) is 3.80. The number of ether oxygens (including phenoxy) is 1. The minimum Gasteiger partial charge on any atom is -0.456 e. The zero-order valence-electron chi connectivity index (χ0n) is 10.0. The minimum atomic E-state index is -0.336. The Labute approximate surface area is 109 Å². The summed E-state index contributed by atoms with van der Waals surface area (Å²) in [5, 5.41) is 0. The van der Waals surface area contributed by atoms with Crippen LogP contribution in [0.25, 0.3) is 5.69 Å². The van der Waals surface area contributed by atoms with Crippen molar-refractivity contribution in [3.8, 4) is 17.2 Å². The molecular formula is C15H11FN2O. The maximum Gasteiger partial charge on any atom is 0.150 e. The molecule has 0 spiro atoms. The van der Waals surface area contributed by atoms with Gasteiger partial charge in [-0.2, -0.15) is 0 Å². The first-order chi connectivity index (χ1) is 9.33. The van der Waals surface area contributed by atoms with Crippen LogP contribution in [0.1, 0.15) is 0 Å². The Bertz CT molecular complexity index is 666. The van der Waals surface area contributed by atoms with E-state index < -0.39 is 0 Å². The number of benzene rings is 1. The number of hydrogen-bond acceptors (Lipinski definition) is 2. The molecule has 3 rings (SSSR count). The van der Waals surface area contributed by atoms with E-state index in [9.17, 15) is 4.39 Å². The molecule has 4 heteroatoms. The van der Waals surface area contributed by atoms with Crippen molar-refractivity contribution < 1.29 is 9.13 Å². The molecule has 94 valence electrons. The number of aromatic nitrogens is 2. The van der Waals surface area contributed by atoms with Crippen molar-refractivity contribution >= 4 is 0 Å². The van der Waals surface area contributed by atoms with Gasteiger partial charge in [0.2, 0.25) is 0 Å². The molecule has 3 aromatic rings. The summed E-state index contributed by atoms with van der Waals surface area (Å²) in [6, 6.07) is 12.0. The maximum absolute atomic E-state index is 14.0. The number of hydrogen-bond donors (Lipinski definition) is 0. The van der Waals surface area contributed by atoms with Crippen LogP contribution in [0, 0.1) is 5.82 Å². The molecular weight excluding hydrogens is 243 g/mol. The lowest BCUT2D eigenvalue weighted by atomic mass is 10.3. The summed E-state index contributed by atoms with van der Waals surface area (Å²) in [5.41, 5.74) is 0.489. The fourth-order valence-corrected chi connectivity index (χ4v) is 1.80. The molecule has 0 radical (unpaired) electrons. The van der Waals surface area contributed by atoms with Gasteiger partial charge < -0.3 is 9.30 Å². The minimum absolute atomic E-state index is 0.336. The third-order valence-corrected chi connectivity index (χ3v) is 2.67. The lowest BCUT2D eigenvalue weighted by Gasteiger charge is -2.08. The summed E-state index contributed by atoms with van der Waals surface area (Å²) in [6.45, 7) is 0. The molecule has 0 unspecified atom stereocenters. The second kappa shape index (κ2) is 4.94. The van der Waals surface area contributed by atoms with Gasteiger partial charge in [-0.1, -0.05) is 0 Å². The van der Waals surface area contributed by atoms with Crippen LogP contribution in [-0.2, 0) is 0 Å². The lowest BCUT2D eigenvalue weighted by molar-refractivity contribution is 0.474. The number of halogens is 1. The highest BCUT2D eigenvalue weighted by Crippen LogP contribution is 2.24. The van der Waals surface area contributed by atoms with Gasteiger partial charge in [0.1, 0.15) is 11.5 Å². The van der Waals surface area contributed by atoms with Gasteiger partial charge >= 0.3 is 0 Å². The van der Waals surface area contributed by atoms with E-state index in [0.29, 0.717) is 17.2 Å². The molecule has 0 atom stereocenters. The zero-order chi connectivity index (χ0) is 13.1. The molecule has 0 saturated heterocycles. The molecule has 0 saturated carbocycles. The molecule has 0 fully saturated rings. The van der Waals surface area contributed by atoms with E-state index in [1.165, 1.54) is 6.07 Å². The van der Waals surface area contributed by atoms with Gasteiger partial charge in [-0.05, 0) is 36.4 Å². The van der Waals surface area contributed by atoms with Crippen molar-refractivity contribution in [2.45, 2.75) is 0 Å². The normalized spacial score (nSPS) is 10.4. The average Bonchev–Trinajstić information content (AvgIpc) is 2.94. The van der Waals surface area contributed by atoms with Gasteiger partial charge in [0.15, 0.2) is 5.82 Å². The summed E-state index contributed by atoms with van der Waals surface area (Å²) in [6.07, 6.45) is 6.82. The fourth-order valence-electron chi connectivity index (χ4n) is 1.80. The first kappa shape index (κ1) is 11.5. The molecule has 0 aliphatic heterocycles. The van der Waals surface area contributed by atoms with Crippen LogP contribution in [0.4, 0.5) is 4.39 Å². The smallest absolute Gasteiger partial charge is 0.150 e. The SMILES string of the molecule is Fc1cc(Oc2cccnc2)ccc1-n1cccc1. The Morgan fingerprint density at radius 1 is 1.00 bits per heavy atom. The number of nitrogens with zero attached hydrogens (tertiary/aromatic N) is 2. The fraction of sp³-hybridized carbons (Fsp3) is 0. The first-order valence-electron chi connectivity index (χ1n) is 5.84. The van der Waals surface area contributed by atoms with E-state index in [0.717, 1.165) is 0 Å². The van der Waals surface area contributed by atoms with Crippen molar-refractivity contribution in [2.24, 2.45) is 0 Å². The summed E-state index contributed by atoms with van der Waals surface area (Å²) >= 11 is 0. The molecule has 3 nitrogen and oxygen atoms in total. The summed E-state index contributed by atoms with van der Waals surface area (Å²) in [7, 11) is 0. The second-order valence-corrected chi connectivity index (χ2v) is 3.99. The number of rotatable bonds is 3. The molecule has 0 aliphatic rings. The van der Waals surface area contributed by atoms with Crippen LogP contribution in [-0.4, -0.2) is 9.55 Å². The van der Waals surface area contributed by atoms with Gasteiger partial charge in [-0.15, -0.1) is 0 Å². The van der Waals surface area contributed by atoms with Crippen molar-refractivity contribution in [1.29, 1.82) is 0 Å². The largest absolute Gasteiger partial charge is 0.456 e. The molecule has 2 heterocycles. The topological polar surface area (TPSA) is 27.1 Å². The third-order valence-electron chi connectivity index (χ3n) is 2.67. The Kier molecular flexibility index (Phi) is 2.98. The van der Waals surface area contributed by atoms with Crippen molar-refractivity contribution in [3.05, 3.63) is 73.1 Å². The molecule has 0 N–H and O–H groups in total. The third kappa shape index (κ3) is 2.47. The average molecular weight is 254 g/mol. The quantitative estimate of drug-likeness (QED) is 0.710. The Hall–Kier alpha value is -2.62. The summed E-state index contributed by atoms with van der Waals surface area (Å²) < 4.78 is 21.2. The maximum atomic E-state index is 14.0. The van der Waals surface area contributed by atoms with Gasteiger partial charge in [0.05, 0.1) is 11.9 Å². The van der Waals surface area contributed by atoms with E-state index in [2.05, 4.69) is 4.98 Å². The van der Waals surface area contributed by atoms with Crippen LogP contribution in [0.5, 0.6) is 11.5 Å². The van der Waals surface area contributed by atoms with Crippen LogP contribution >= 0.6 is 0 Å². The van der Waals surface area contributed by atoms with Gasteiger partial charge in [0.25, 0.3) is 0 Å². The lowest BCUT2D eigenvalue weighted by Crippen LogP contribution is -1.95. The molecule has 0 bridgehead atoms. The Morgan fingerprint density at radius 2 is 1.84 bits per heavy atom. The van der Waals surface area contributed by atoms with Crippen LogP contribution in [0.2, 0.25) is 0 Å². The van der Waals surface area contributed by atoms with Crippen LogP contribution in [0.3, 0.4) is 0 Å². The molecule has 19 heavy (non-hydrogen) atoms. The summed E-state index contributed by atoms with van der Waals surface area (Å²) in [4.78, 5) is 3.94. The standard InChI is InChI=1S/C15H11FN2O/c16-14-10-12(19-13-4-3-7-17-11-13)5-6-15(14)18-8-1-2-9-18/h1-11H. The Balaban J connectivity index is 1.88. The monoisotopic (exact) mass is 254 g/mol. The summed E-state index contributed by atoms with van der Waals surface area (Å²) in [5.74, 6) is 0.689. The highest BCUT2D eigenvalue weighted by Gasteiger charge is 2.06. The highest BCUT2D eigenvalue weighted by molar-refractivity contribution is 5.41. The molecule has 2 aromatic heterocycles. The Morgan fingerprint density at radius 3 is 2.53 bits per heavy atom. The first-order valence-corrected chi connectivity index (χ1v) is 5.84. The van der Waals surface area contributed by atoms with Crippen molar-refractivity contribution in [1.82, 2.24) is 9.55 Å². The number of pyridine rings is 1. The van der Waals surface area contributed by atoms with Crippen molar-refractivity contribution in [2.75, 3.05) is 0 Å². The van der Waals surface area contributed by atoms with Crippen LogP contribution < -0.4 is 4.74 Å². The van der Waals surface area contributed by atoms with Gasteiger partial charge in [-0.3, -0.25) is 4.98 Å². The predicted molar refractivity (Wildman–Crippen MR) is 70.0 cm³/mol. The van der Waals surface area contributed by atoms with E-state index >= 15 is 0 Å². The van der Waals surface area contributed by atoms with Gasteiger partial charge in [0, 0.05) is 24.7 Å². The van der Waals surface area contributed by atoms with E-state index in [1.54, 1.807) is 53.6 Å². The van der Waals surface area contributed by atoms with Crippen LogP contribution in [0.15, 0.2) is 67.3 Å². The molecule has 0 amide bonds. The van der Waals surface area contributed by atoms with E-state index in [1.807, 2.05) is 12.1 Å². The van der Waals surface area contributed by atoms with E-state index in [-0.39, 0.29) is 5.82 Å². The molecule has 1 aromatic carbocycles. The highest BCUT2D eigenvalue weighted by atomic mass is 19.1.